The molecular formula is C12H22N2O. The van der Waals surface area contributed by atoms with Gasteiger partial charge in [0.2, 0.25) is 5.91 Å². The molecule has 0 spiro atoms. The normalized spacial score (nSPS) is 21.4. The van der Waals surface area contributed by atoms with E-state index in [9.17, 15) is 4.79 Å². The molecule has 86 valence electrons. The Morgan fingerprint density at radius 2 is 2.20 bits per heavy atom. The lowest BCUT2D eigenvalue weighted by atomic mass is 10.1. The van der Waals surface area contributed by atoms with Crippen molar-refractivity contribution in [2.24, 2.45) is 5.92 Å². The zero-order valence-electron chi connectivity index (χ0n) is 9.91. The first kappa shape index (κ1) is 12.2. The summed E-state index contributed by atoms with van der Waals surface area (Å²) < 4.78 is 0. The Kier molecular flexibility index (Phi) is 4.82. The monoisotopic (exact) mass is 210 g/mol. The Hall–Kier alpha value is -0.830. The molecule has 15 heavy (non-hydrogen) atoms. The van der Waals surface area contributed by atoms with E-state index >= 15 is 0 Å². The molecule has 0 aromatic rings. The van der Waals surface area contributed by atoms with Crippen molar-refractivity contribution in [2.75, 3.05) is 32.7 Å². The molecule has 0 radical (unpaired) electrons. The number of carbonyl (C=O) groups excluding carboxylic acids is 1. The topological polar surface area (TPSA) is 23.6 Å². The van der Waals surface area contributed by atoms with Crippen molar-refractivity contribution < 1.29 is 4.79 Å². The quantitative estimate of drug-likeness (QED) is 0.618. The number of amides is 1. The molecule has 3 nitrogen and oxygen atoms in total. The van der Waals surface area contributed by atoms with Crippen molar-refractivity contribution in [1.82, 2.24) is 9.80 Å². The fraction of sp³-hybridized carbons (Fsp3) is 0.750. The summed E-state index contributed by atoms with van der Waals surface area (Å²) in [4.78, 5) is 15.9. The molecule has 0 bridgehead atoms. The van der Waals surface area contributed by atoms with Crippen LogP contribution in [-0.2, 0) is 4.79 Å². The zero-order chi connectivity index (χ0) is 11.3. The first-order chi connectivity index (χ1) is 7.21. The van der Waals surface area contributed by atoms with Crippen molar-refractivity contribution in [3.8, 4) is 0 Å². The molecule has 1 atom stereocenters. The summed E-state index contributed by atoms with van der Waals surface area (Å²) in [5.74, 6) is 0.654. The van der Waals surface area contributed by atoms with Crippen LogP contribution in [0.4, 0.5) is 0 Å². The molecule has 1 fully saturated rings. The van der Waals surface area contributed by atoms with E-state index in [0.29, 0.717) is 12.3 Å². The Morgan fingerprint density at radius 3 is 2.67 bits per heavy atom. The summed E-state index contributed by atoms with van der Waals surface area (Å²) >= 11 is 0. The minimum atomic E-state index is 0.284. The van der Waals surface area contributed by atoms with Crippen LogP contribution in [0, 0.1) is 5.92 Å². The van der Waals surface area contributed by atoms with Crippen LogP contribution in [0.15, 0.2) is 12.7 Å². The van der Waals surface area contributed by atoms with E-state index in [1.807, 2.05) is 11.0 Å². The van der Waals surface area contributed by atoms with Crippen molar-refractivity contribution in [2.45, 2.75) is 20.3 Å². The fourth-order valence-corrected chi connectivity index (χ4v) is 1.98. The molecule has 0 aromatic heterocycles. The number of nitrogens with zero attached hydrogens (tertiary/aromatic N) is 2. The van der Waals surface area contributed by atoms with Gasteiger partial charge in [-0.15, -0.1) is 6.58 Å². The molecule has 1 aliphatic rings. The second-order valence-corrected chi connectivity index (χ2v) is 4.07. The molecule has 0 N–H and O–H groups in total. The van der Waals surface area contributed by atoms with Crippen LogP contribution in [0.25, 0.3) is 0 Å². The number of hydrogen-bond donors (Lipinski definition) is 0. The summed E-state index contributed by atoms with van der Waals surface area (Å²) in [6.45, 7) is 12.9. The SMILES string of the molecule is C=CC1CC(=O)N(CCN(CC)CC)C1. The van der Waals surface area contributed by atoms with Gasteiger partial charge in [-0.1, -0.05) is 19.9 Å². The number of rotatable bonds is 6. The van der Waals surface area contributed by atoms with Crippen molar-refractivity contribution in [3.05, 3.63) is 12.7 Å². The van der Waals surface area contributed by atoms with E-state index in [4.69, 9.17) is 0 Å². The van der Waals surface area contributed by atoms with E-state index in [0.717, 1.165) is 32.7 Å². The summed E-state index contributed by atoms with van der Waals surface area (Å²) in [7, 11) is 0. The van der Waals surface area contributed by atoms with Crippen molar-refractivity contribution in [3.63, 3.8) is 0 Å². The smallest absolute Gasteiger partial charge is 0.223 e. The van der Waals surface area contributed by atoms with Gasteiger partial charge in [0.1, 0.15) is 0 Å². The van der Waals surface area contributed by atoms with Gasteiger partial charge >= 0.3 is 0 Å². The Balaban J connectivity index is 2.33. The molecule has 1 rings (SSSR count). The Bertz CT molecular complexity index is 224. The van der Waals surface area contributed by atoms with E-state index in [-0.39, 0.29) is 5.91 Å². The van der Waals surface area contributed by atoms with E-state index < -0.39 is 0 Å². The van der Waals surface area contributed by atoms with Crippen LogP contribution < -0.4 is 0 Å². The minimum absolute atomic E-state index is 0.284. The van der Waals surface area contributed by atoms with Crippen LogP contribution in [0.5, 0.6) is 0 Å². The molecule has 1 saturated heterocycles. The van der Waals surface area contributed by atoms with Gasteiger partial charge < -0.3 is 9.80 Å². The van der Waals surface area contributed by atoms with Crippen LogP contribution in [0.3, 0.4) is 0 Å². The molecule has 1 heterocycles. The second-order valence-electron chi connectivity index (χ2n) is 4.07. The van der Waals surface area contributed by atoms with Crippen LogP contribution in [-0.4, -0.2) is 48.4 Å². The van der Waals surface area contributed by atoms with Crippen molar-refractivity contribution >= 4 is 5.91 Å². The average molecular weight is 210 g/mol. The third-order valence-electron chi connectivity index (χ3n) is 3.16. The van der Waals surface area contributed by atoms with Gasteiger partial charge in [-0.2, -0.15) is 0 Å². The average Bonchev–Trinajstić information content (AvgIpc) is 2.61. The highest BCUT2D eigenvalue weighted by atomic mass is 16.2. The minimum Gasteiger partial charge on any atom is -0.341 e. The highest BCUT2D eigenvalue weighted by Gasteiger charge is 2.27. The van der Waals surface area contributed by atoms with Gasteiger partial charge in [-0.3, -0.25) is 4.79 Å². The first-order valence-electron chi connectivity index (χ1n) is 5.83. The highest BCUT2D eigenvalue weighted by Crippen LogP contribution is 2.17. The van der Waals surface area contributed by atoms with E-state index in [1.165, 1.54) is 0 Å². The zero-order valence-corrected chi connectivity index (χ0v) is 9.91. The molecular weight excluding hydrogens is 188 g/mol. The lowest BCUT2D eigenvalue weighted by Crippen LogP contribution is -2.35. The largest absolute Gasteiger partial charge is 0.341 e. The fourth-order valence-electron chi connectivity index (χ4n) is 1.98. The van der Waals surface area contributed by atoms with Crippen LogP contribution in [0.1, 0.15) is 20.3 Å². The molecule has 1 amide bonds. The summed E-state index contributed by atoms with van der Waals surface area (Å²) in [5.41, 5.74) is 0. The summed E-state index contributed by atoms with van der Waals surface area (Å²) in [5, 5.41) is 0. The lowest BCUT2D eigenvalue weighted by molar-refractivity contribution is -0.127. The van der Waals surface area contributed by atoms with Gasteiger partial charge in [0.15, 0.2) is 0 Å². The van der Waals surface area contributed by atoms with Gasteiger partial charge in [-0.05, 0) is 13.1 Å². The maximum Gasteiger partial charge on any atom is 0.223 e. The second kappa shape index (κ2) is 5.91. The predicted molar refractivity (Wildman–Crippen MR) is 62.7 cm³/mol. The number of likely N-dealkylation sites (tertiary alicyclic amines) is 1. The van der Waals surface area contributed by atoms with Crippen LogP contribution >= 0.6 is 0 Å². The third-order valence-corrected chi connectivity index (χ3v) is 3.16. The highest BCUT2D eigenvalue weighted by molar-refractivity contribution is 5.78. The number of hydrogen-bond acceptors (Lipinski definition) is 2. The van der Waals surface area contributed by atoms with Crippen molar-refractivity contribution in [1.29, 1.82) is 0 Å². The van der Waals surface area contributed by atoms with Gasteiger partial charge in [0.05, 0.1) is 0 Å². The van der Waals surface area contributed by atoms with Gasteiger partial charge in [-0.25, -0.2) is 0 Å². The Morgan fingerprint density at radius 1 is 1.53 bits per heavy atom. The maximum absolute atomic E-state index is 11.6. The van der Waals surface area contributed by atoms with Gasteiger partial charge in [0, 0.05) is 32.0 Å². The number of carbonyl (C=O) groups is 1. The first-order valence-corrected chi connectivity index (χ1v) is 5.83. The van der Waals surface area contributed by atoms with Gasteiger partial charge in [0.25, 0.3) is 0 Å². The van der Waals surface area contributed by atoms with E-state index in [2.05, 4.69) is 25.3 Å². The molecule has 0 saturated carbocycles. The van der Waals surface area contributed by atoms with Crippen LogP contribution in [0.2, 0.25) is 0 Å². The predicted octanol–water partition coefficient (Wildman–Crippen LogP) is 1.36. The summed E-state index contributed by atoms with van der Waals surface area (Å²) in [6.07, 6.45) is 2.55. The third kappa shape index (κ3) is 3.34. The molecule has 1 aliphatic heterocycles. The molecule has 3 heteroatoms. The molecule has 1 unspecified atom stereocenters. The van der Waals surface area contributed by atoms with E-state index in [1.54, 1.807) is 0 Å². The maximum atomic E-state index is 11.6. The molecule has 0 aliphatic carbocycles. The lowest BCUT2D eigenvalue weighted by Gasteiger charge is -2.22. The summed E-state index contributed by atoms with van der Waals surface area (Å²) in [6, 6.07) is 0. The number of likely N-dealkylation sites (N-methyl/N-ethyl adjacent to an activating group) is 1. The standard InChI is InChI=1S/C12H22N2O/c1-4-11-9-12(15)14(10-11)8-7-13(5-2)6-3/h4,11H,1,5-10H2,2-3H3. The Labute approximate surface area is 92.7 Å². The molecule has 0 aromatic carbocycles.